The van der Waals surface area contributed by atoms with E-state index in [2.05, 4.69) is 21.3 Å². The molecule has 7 N–H and O–H groups in total. The molecule has 0 saturated heterocycles. The zero-order valence-corrected chi connectivity index (χ0v) is 55.2. The Morgan fingerprint density at radius 1 is 0.728 bits per heavy atom. The topological polar surface area (TPSA) is 357 Å². The molecule has 1 aliphatic carbocycles. The highest BCUT2D eigenvalue weighted by Gasteiger charge is 2.35. The summed E-state index contributed by atoms with van der Waals surface area (Å²) in [5, 5.41) is 51.0. The van der Waals surface area contributed by atoms with Gasteiger partial charge in [-0.3, -0.25) is 38.5 Å². The molecule has 31 heteroatoms. The number of carboxylic acid groups (broad SMARTS) is 2. The molecule has 1 fully saturated rings. The van der Waals surface area contributed by atoms with Crippen LogP contribution in [0.2, 0.25) is 0 Å². The van der Waals surface area contributed by atoms with Crippen LogP contribution in [0.15, 0.2) is 64.0 Å². The number of carboxylic acids is 2. The highest BCUT2D eigenvalue weighted by Crippen LogP contribution is 2.41. The molecule has 25 nitrogen and oxygen atoms in total. The van der Waals surface area contributed by atoms with Crippen LogP contribution in [-0.2, 0) is 35.3 Å². The van der Waals surface area contributed by atoms with E-state index >= 15 is 0 Å². The number of carbonyl (C=O) groups is 8. The SMILES string of the molecule is CNC(=O)C[C@@H]1NC(=O)c2csc(n2)-c2ccc(-c3nc(N(CCCCC(=O)O)C(=O)OC4CCC(C(=O)O)CC4)cs3)nc2-c2csc(n2)-c2csc(n2)[C@H]([C@@H](O)c2ccccc2)NC(=O)CNC(=O)c2nc(sc2COC)C(C(C)C)CC(=O)c2nc1sc2C. The van der Waals surface area contributed by atoms with Crippen LogP contribution in [-0.4, -0.2) is 131 Å². The fourth-order valence-corrected chi connectivity index (χ4v) is 16.1. The number of benzene rings is 1. The first-order valence-electron chi connectivity index (χ1n) is 29.3. The monoisotopic (exact) mass is 1360 g/mol. The number of hydrogen-bond acceptors (Lipinski definition) is 24. The molecule has 2 aliphatic rings. The number of nitrogens with one attached hydrogen (secondary N) is 4. The summed E-state index contributed by atoms with van der Waals surface area (Å²) in [4.78, 5) is 144. The van der Waals surface area contributed by atoms with Gasteiger partial charge in [-0.05, 0) is 69.1 Å². The number of unbranched alkanes of at least 4 members (excludes halogenated alkanes) is 1. The normalized spacial score (nSPS) is 18.5. The number of aliphatic hydroxyl groups excluding tert-OH is 1. The molecule has 1 aliphatic heterocycles. The van der Waals surface area contributed by atoms with Crippen LogP contribution in [0.1, 0.15) is 158 Å². The predicted octanol–water partition coefficient (Wildman–Crippen LogP) is 10.0. The Morgan fingerprint density at radius 3 is 2.16 bits per heavy atom. The van der Waals surface area contributed by atoms with Crippen LogP contribution in [0.4, 0.5) is 10.6 Å². The van der Waals surface area contributed by atoms with Gasteiger partial charge in [-0.2, -0.15) is 0 Å². The number of aliphatic carboxylic acids is 2. The number of rotatable bonds is 16. The van der Waals surface area contributed by atoms with E-state index in [1.807, 2.05) is 13.8 Å². The van der Waals surface area contributed by atoms with Crippen LogP contribution in [0.5, 0.6) is 0 Å². The standard InChI is InChI=1S/C61H64N12O13S6/c1-29(2)35-21-41(74)47-30(3)91-58(71-47)37(22-44(75)62-4)65-52(80)39-26-87-54(67-39)34-18-19-36(56-69-43(28-90-56)73(20-10-9-13-46(77)78)61(84)86-33-16-14-32(15-17-33)60(82)83)64-48(34)38-25-88-57(66-38)40-27-89-59(68-40)50(51(79)31-11-7-6-8-12-31)70-45(76)23-63-53(81)49-42(24-85-5)92-55(35)72-49/h6-8,11-12,18-19,25-29,32-33,35,37,50-51,79H,9-10,13-17,20-24H2,1-5H3,(H,62,75)(H,63,81)(H,65,80)(H,70,76)(H,77,78)(H,82,83)/t32?,33?,35?,37-,50-,51-/m0/s1. The van der Waals surface area contributed by atoms with Crippen LogP contribution in [0, 0.1) is 18.8 Å². The second-order valence-corrected chi connectivity index (χ2v) is 27.9. The smallest absolute Gasteiger partial charge is 0.415 e. The lowest BCUT2D eigenvalue weighted by molar-refractivity contribution is -0.143. The van der Waals surface area contributed by atoms with Gasteiger partial charge in [0.15, 0.2) is 5.78 Å². The Kier molecular flexibility index (Phi) is 21.8. The van der Waals surface area contributed by atoms with Crippen molar-refractivity contribution < 1.29 is 63.1 Å². The molecule has 10 rings (SSSR count). The van der Waals surface area contributed by atoms with E-state index in [1.165, 1.54) is 64.4 Å². The van der Waals surface area contributed by atoms with Gasteiger partial charge in [0.2, 0.25) is 11.8 Å². The Morgan fingerprint density at radius 2 is 1.43 bits per heavy atom. The van der Waals surface area contributed by atoms with Gasteiger partial charge < -0.3 is 46.1 Å². The molecule has 482 valence electrons. The van der Waals surface area contributed by atoms with Gasteiger partial charge in [0.25, 0.3) is 11.8 Å². The molecule has 8 heterocycles. The quantitative estimate of drug-likeness (QED) is 0.0442. The van der Waals surface area contributed by atoms with Crippen LogP contribution in [0.25, 0.3) is 43.4 Å². The lowest BCUT2D eigenvalue weighted by Crippen LogP contribution is -2.40. The first-order chi connectivity index (χ1) is 44.2. The number of aliphatic hydroxyl groups is 1. The fraction of sp³-hybridized carbons (Fsp3) is 0.393. The number of Topliss-reactive ketones (excluding diaryl/α,β-unsaturated/α-hetero) is 1. The second-order valence-electron chi connectivity index (χ2n) is 22.1. The molecule has 92 heavy (non-hydrogen) atoms. The maximum absolute atomic E-state index is 14.4. The third-order valence-electron chi connectivity index (χ3n) is 15.4. The van der Waals surface area contributed by atoms with Crippen molar-refractivity contribution in [2.75, 3.05) is 32.1 Å². The van der Waals surface area contributed by atoms with E-state index < -0.39 is 84.3 Å². The number of amides is 5. The van der Waals surface area contributed by atoms with E-state index in [9.17, 15) is 53.7 Å². The molecule has 1 saturated carbocycles. The Bertz CT molecular complexity index is 4020. The number of pyridine rings is 1. The lowest BCUT2D eigenvalue weighted by Gasteiger charge is -2.28. The van der Waals surface area contributed by atoms with Gasteiger partial charge in [0.1, 0.15) is 83.3 Å². The number of anilines is 1. The predicted molar refractivity (Wildman–Crippen MR) is 347 cm³/mol. The minimum Gasteiger partial charge on any atom is -0.481 e. The first kappa shape index (κ1) is 66.7. The number of aromatic nitrogens is 7. The number of methoxy groups -OCH3 is 1. The third-order valence-corrected chi connectivity index (χ3v) is 21.2. The van der Waals surface area contributed by atoms with E-state index in [0.717, 1.165) is 22.7 Å². The largest absolute Gasteiger partial charge is 0.481 e. The summed E-state index contributed by atoms with van der Waals surface area (Å²) in [5.41, 5.74) is 2.55. The minimum absolute atomic E-state index is 0.00252. The molecule has 1 unspecified atom stereocenters. The van der Waals surface area contributed by atoms with Gasteiger partial charge >= 0.3 is 18.0 Å². The number of carbonyl (C=O) groups excluding carboxylic acids is 6. The Hall–Kier alpha value is -8.17. The molecule has 8 aromatic rings. The Balaban J connectivity index is 1.03. The summed E-state index contributed by atoms with van der Waals surface area (Å²) < 4.78 is 11.4. The van der Waals surface area contributed by atoms with E-state index in [-0.39, 0.29) is 73.4 Å². The van der Waals surface area contributed by atoms with Crippen molar-refractivity contribution in [2.45, 2.75) is 115 Å². The highest BCUT2D eigenvalue weighted by atomic mass is 32.1. The van der Waals surface area contributed by atoms with Crippen molar-refractivity contribution in [3.05, 3.63) is 111 Å². The second kappa shape index (κ2) is 30.1. The lowest BCUT2D eigenvalue weighted by atomic mass is 9.87. The first-order valence-corrected chi connectivity index (χ1v) is 34.5. The fourth-order valence-electron chi connectivity index (χ4n) is 10.4. The number of nitrogens with zero attached hydrogens (tertiary/aromatic N) is 8. The number of ketones is 1. The highest BCUT2D eigenvalue weighted by molar-refractivity contribution is 7.15. The third kappa shape index (κ3) is 15.8. The summed E-state index contributed by atoms with van der Waals surface area (Å²) in [6, 6.07) is 10.1. The number of fused-ring (bicyclic) bond motifs is 14. The maximum Gasteiger partial charge on any atom is 0.415 e. The zero-order valence-electron chi connectivity index (χ0n) is 50.3. The molecule has 1 aromatic carbocycles. The molecule has 0 spiro atoms. The summed E-state index contributed by atoms with van der Waals surface area (Å²) in [5.74, 6) is -5.50. The van der Waals surface area contributed by atoms with Gasteiger partial charge in [-0.1, -0.05) is 44.2 Å². The van der Waals surface area contributed by atoms with Gasteiger partial charge in [-0.25, -0.2) is 39.7 Å². The van der Waals surface area contributed by atoms with Crippen molar-refractivity contribution >= 4 is 121 Å². The van der Waals surface area contributed by atoms with E-state index in [1.54, 1.807) is 70.9 Å². The molecule has 4 atom stereocenters. The van der Waals surface area contributed by atoms with Crippen molar-refractivity contribution in [3.8, 4) is 43.4 Å². The van der Waals surface area contributed by atoms with E-state index in [0.29, 0.717) is 106 Å². The van der Waals surface area contributed by atoms with Crippen LogP contribution in [0.3, 0.4) is 0 Å². The van der Waals surface area contributed by atoms with Gasteiger partial charge in [-0.15, -0.1) is 68.0 Å². The van der Waals surface area contributed by atoms with E-state index in [4.69, 9.17) is 44.4 Å². The van der Waals surface area contributed by atoms with Gasteiger partial charge in [0.05, 0.1) is 47.1 Å². The average Bonchev–Trinajstić information content (AvgIpc) is 1.62. The Labute approximate surface area is 551 Å². The average molecular weight is 1370 g/mol. The van der Waals surface area contributed by atoms with Crippen LogP contribution < -0.4 is 26.2 Å². The molecular weight excluding hydrogens is 1300 g/mol. The molecule has 5 amide bonds. The van der Waals surface area contributed by atoms with Crippen molar-refractivity contribution in [3.63, 3.8) is 0 Å². The van der Waals surface area contributed by atoms with Crippen LogP contribution >= 0.6 is 68.0 Å². The minimum atomic E-state index is -1.30. The number of thiazole rings is 6. The number of aryl methyl sites for hydroxylation is 1. The van der Waals surface area contributed by atoms with Gasteiger partial charge in [0, 0.05) is 71.4 Å². The van der Waals surface area contributed by atoms with Crippen molar-refractivity contribution in [2.24, 2.45) is 11.8 Å². The molecule has 10 bridgehead atoms. The summed E-state index contributed by atoms with van der Waals surface area (Å²) >= 11 is 7.13. The zero-order chi connectivity index (χ0) is 65.3. The molecule has 0 radical (unpaired) electrons. The molecular formula is C61H64N12O13S6. The summed E-state index contributed by atoms with van der Waals surface area (Å²) in [6.45, 7) is 5.18. The number of hydrogen-bond donors (Lipinski definition) is 7. The van der Waals surface area contributed by atoms with Crippen molar-refractivity contribution in [1.29, 1.82) is 0 Å². The summed E-state index contributed by atoms with van der Waals surface area (Å²) in [6.07, 6.45) is -0.921. The maximum atomic E-state index is 14.4. The molecule has 7 aromatic heterocycles. The summed E-state index contributed by atoms with van der Waals surface area (Å²) in [7, 11) is 2.94. The number of ether oxygens (including phenoxy) is 2. The van der Waals surface area contributed by atoms with Crippen molar-refractivity contribution in [1.82, 2.24) is 56.2 Å².